The molecule has 0 spiro atoms. The van der Waals surface area contributed by atoms with Crippen LogP contribution in [-0.4, -0.2) is 25.6 Å². The molecule has 1 amide bonds. The monoisotopic (exact) mass is 413 g/mol. The van der Waals surface area contributed by atoms with Crippen LogP contribution in [0.15, 0.2) is 79.1 Å². The van der Waals surface area contributed by atoms with E-state index in [4.69, 9.17) is 0 Å². The van der Waals surface area contributed by atoms with Gasteiger partial charge in [-0.3, -0.25) is 14.9 Å². The van der Waals surface area contributed by atoms with Crippen LogP contribution < -0.4 is 5.32 Å². The lowest BCUT2D eigenvalue weighted by Gasteiger charge is -2.05. The van der Waals surface area contributed by atoms with Gasteiger partial charge in [0.05, 0.1) is 22.7 Å². The summed E-state index contributed by atoms with van der Waals surface area (Å²) in [7, 11) is 0. The van der Waals surface area contributed by atoms with E-state index in [1.54, 1.807) is 35.3 Å². The lowest BCUT2D eigenvalue weighted by atomic mass is 10.1. The molecule has 4 aromatic rings. The number of rotatable bonds is 6. The average Bonchev–Trinajstić information content (AvgIpc) is 3.19. The summed E-state index contributed by atoms with van der Waals surface area (Å²) in [4.78, 5) is 27.4. The number of hydrogen-bond acceptors (Lipinski definition) is 5. The van der Waals surface area contributed by atoms with Crippen molar-refractivity contribution in [2.45, 2.75) is 13.3 Å². The van der Waals surface area contributed by atoms with E-state index < -0.39 is 4.92 Å². The van der Waals surface area contributed by atoms with E-state index >= 15 is 0 Å². The molecule has 8 nitrogen and oxygen atoms in total. The molecule has 0 fully saturated rings. The van der Waals surface area contributed by atoms with Crippen LogP contribution in [0.1, 0.15) is 11.1 Å². The van der Waals surface area contributed by atoms with E-state index in [0.717, 1.165) is 11.3 Å². The van der Waals surface area contributed by atoms with Crippen molar-refractivity contribution < 1.29 is 9.72 Å². The number of pyridine rings is 1. The van der Waals surface area contributed by atoms with E-state index in [0.29, 0.717) is 22.6 Å². The zero-order valence-electron chi connectivity index (χ0n) is 16.7. The molecule has 8 heteroatoms. The van der Waals surface area contributed by atoms with E-state index in [-0.39, 0.29) is 18.0 Å². The van der Waals surface area contributed by atoms with Gasteiger partial charge in [-0.1, -0.05) is 24.3 Å². The molecule has 0 aliphatic heterocycles. The number of nitrogens with one attached hydrogen (secondary N) is 1. The Labute approximate surface area is 178 Å². The second-order valence-electron chi connectivity index (χ2n) is 7.03. The van der Waals surface area contributed by atoms with Gasteiger partial charge in [0.25, 0.3) is 5.69 Å². The van der Waals surface area contributed by atoms with E-state index in [1.165, 1.54) is 12.1 Å². The Hall–Kier alpha value is -4.33. The first kappa shape index (κ1) is 20.0. The molecule has 0 aliphatic rings. The van der Waals surface area contributed by atoms with Crippen LogP contribution in [0.4, 0.5) is 11.5 Å². The van der Waals surface area contributed by atoms with Crippen molar-refractivity contribution >= 4 is 17.4 Å². The molecule has 2 aromatic carbocycles. The normalized spacial score (nSPS) is 10.6. The van der Waals surface area contributed by atoms with Crippen LogP contribution in [0.5, 0.6) is 0 Å². The van der Waals surface area contributed by atoms with Gasteiger partial charge < -0.3 is 5.32 Å². The van der Waals surface area contributed by atoms with E-state index in [9.17, 15) is 14.9 Å². The van der Waals surface area contributed by atoms with Gasteiger partial charge in [-0.15, -0.1) is 0 Å². The predicted molar refractivity (Wildman–Crippen MR) is 117 cm³/mol. The molecule has 0 bridgehead atoms. The number of para-hydroxylation sites is 1. The number of nitrogens with zero attached hydrogens (tertiary/aromatic N) is 4. The Morgan fingerprint density at radius 2 is 1.81 bits per heavy atom. The standard InChI is InChI=1S/C23H19N5O3/c1-16-7-12-21(24-14-16)25-22(29)13-18-15-27(19-5-3-2-4-6-19)26-23(18)17-8-10-20(11-9-17)28(30)31/h2-12,14-15H,13H2,1H3,(H,24,25,29). The molecule has 4 rings (SSSR count). The Balaban J connectivity index is 1.66. The number of nitro groups is 1. The lowest BCUT2D eigenvalue weighted by molar-refractivity contribution is -0.384. The zero-order chi connectivity index (χ0) is 21.8. The van der Waals surface area contributed by atoms with Gasteiger partial charge in [-0.05, 0) is 42.8 Å². The summed E-state index contributed by atoms with van der Waals surface area (Å²) in [6.45, 7) is 1.92. The molecule has 2 heterocycles. The van der Waals surface area contributed by atoms with Crippen molar-refractivity contribution in [3.8, 4) is 16.9 Å². The summed E-state index contributed by atoms with van der Waals surface area (Å²) in [5, 5.41) is 18.4. The minimum Gasteiger partial charge on any atom is -0.310 e. The second-order valence-corrected chi connectivity index (χ2v) is 7.03. The SMILES string of the molecule is Cc1ccc(NC(=O)Cc2cn(-c3ccccc3)nc2-c2ccc([N+](=O)[O-])cc2)nc1. The van der Waals surface area contributed by atoms with Crippen LogP contribution in [0.2, 0.25) is 0 Å². The quantitative estimate of drug-likeness (QED) is 0.374. The first-order valence-corrected chi connectivity index (χ1v) is 9.61. The fourth-order valence-electron chi connectivity index (χ4n) is 3.14. The summed E-state index contributed by atoms with van der Waals surface area (Å²) in [5.41, 5.74) is 3.82. The molecule has 1 N–H and O–H groups in total. The third-order valence-corrected chi connectivity index (χ3v) is 4.69. The van der Waals surface area contributed by atoms with Gasteiger partial charge in [0.1, 0.15) is 5.82 Å². The van der Waals surface area contributed by atoms with Crippen LogP contribution in [0.3, 0.4) is 0 Å². The first-order valence-electron chi connectivity index (χ1n) is 9.61. The average molecular weight is 413 g/mol. The highest BCUT2D eigenvalue weighted by Gasteiger charge is 2.17. The maximum Gasteiger partial charge on any atom is 0.269 e. The smallest absolute Gasteiger partial charge is 0.269 e. The third kappa shape index (κ3) is 4.64. The lowest BCUT2D eigenvalue weighted by Crippen LogP contribution is -2.15. The molecule has 0 saturated heterocycles. The Morgan fingerprint density at radius 1 is 1.06 bits per heavy atom. The molecule has 0 unspecified atom stereocenters. The maximum absolute atomic E-state index is 12.7. The molecule has 31 heavy (non-hydrogen) atoms. The zero-order valence-corrected chi connectivity index (χ0v) is 16.7. The number of anilines is 1. The summed E-state index contributed by atoms with van der Waals surface area (Å²) in [5.74, 6) is 0.245. The van der Waals surface area contributed by atoms with E-state index in [2.05, 4.69) is 15.4 Å². The summed E-state index contributed by atoms with van der Waals surface area (Å²) in [6.07, 6.45) is 3.56. The van der Waals surface area contributed by atoms with Crippen molar-refractivity contribution in [3.05, 3.63) is 100 Å². The van der Waals surface area contributed by atoms with Gasteiger partial charge in [0.2, 0.25) is 5.91 Å². The van der Waals surface area contributed by atoms with Crippen LogP contribution in [-0.2, 0) is 11.2 Å². The molecule has 0 atom stereocenters. The van der Waals surface area contributed by atoms with Gasteiger partial charge >= 0.3 is 0 Å². The number of non-ortho nitro benzene ring substituents is 1. The van der Waals surface area contributed by atoms with Crippen molar-refractivity contribution in [2.24, 2.45) is 0 Å². The number of aromatic nitrogens is 3. The molecule has 2 aromatic heterocycles. The molecule has 0 aliphatic carbocycles. The van der Waals surface area contributed by atoms with Crippen molar-refractivity contribution in [1.82, 2.24) is 14.8 Å². The van der Waals surface area contributed by atoms with Crippen LogP contribution in [0, 0.1) is 17.0 Å². The van der Waals surface area contributed by atoms with Crippen molar-refractivity contribution in [2.75, 3.05) is 5.32 Å². The second kappa shape index (κ2) is 8.58. The maximum atomic E-state index is 12.7. The highest BCUT2D eigenvalue weighted by atomic mass is 16.6. The fraction of sp³-hybridized carbons (Fsp3) is 0.0870. The number of benzene rings is 2. The first-order chi connectivity index (χ1) is 15.0. The molecule has 154 valence electrons. The summed E-state index contributed by atoms with van der Waals surface area (Å²) >= 11 is 0. The Bertz CT molecular complexity index is 1220. The molecule has 0 saturated carbocycles. The Morgan fingerprint density at radius 3 is 2.45 bits per heavy atom. The fourth-order valence-corrected chi connectivity index (χ4v) is 3.14. The van der Waals surface area contributed by atoms with E-state index in [1.807, 2.05) is 43.3 Å². The van der Waals surface area contributed by atoms with Gasteiger partial charge in [0, 0.05) is 35.7 Å². The molecular formula is C23H19N5O3. The number of carbonyl (C=O) groups excluding carboxylic acids is 1. The van der Waals surface area contributed by atoms with Crippen molar-refractivity contribution in [3.63, 3.8) is 0 Å². The number of carbonyl (C=O) groups is 1. The number of amides is 1. The third-order valence-electron chi connectivity index (χ3n) is 4.69. The van der Waals surface area contributed by atoms with Gasteiger partial charge in [-0.2, -0.15) is 5.10 Å². The summed E-state index contributed by atoms with van der Waals surface area (Å²) < 4.78 is 1.70. The topological polar surface area (TPSA) is 103 Å². The predicted octanol–water partition coefficient (Wildman–Crippen LogP) is 4.33. The number of hydrogen-bond donors (Lipinski definition) is 1. The van der Waals surface area contributed by atoms with Gasteiger partial charge in [0.15, 0.2) is 0 Å². The van der Waals surface area contributed by atoms with Crippen LogP contribution >= 0.6 is 0 Å². The van der Waals surface area contributed by atoms with Crippen LogP contribution in [0.25, 0.3) is 16.9 Å². The minimum absolute atomic E-state index is 0.00372. The Kier molecular flexibility index (Phi) is 5.53. The largest absolute Gasteiger partial charge is 0.310 e. The highest BCUT2D eigenvalue weighted by Crippen LogP contribution is 2.26. The van der Waals surface area contributed by atoms with Gasteiger partial charge in [-0.25, -0.2) is 9.67 Å². The molecule has 0 radical (unpaired) electrons. The molecular weight excluding hydrogens is 394 g/mol. The highest BCUT2D eigenvalue weighted by molar-refractivity contribution is 5.92. The minimum atomic E-state index is -0.449. The number of aryl methyl sites for hydroxylation is 1. The number of nitro benzene ring substituents is 1. The summed E-state index contributed by atoms with van der Waals surface area (Å²) in [6, 6.07) is 19.3. The van der Waals surface area contributed by atoms with Crippen molar-refractivity contribution in [1.29, 1.82) is 0 Å².